The zero-order valence-electron chi connectivity index (χ0n) is 9.90. The first-order valence-electron chi connectivity index (χ1n) is 5.45. The van der Waals surface area contributed by atoms with Gasteiger partial charge in [0.2, 0.25) is 0 Å². The number of nitrogens with zero attached hydrogens (tertiary/aromatic N) is 2. The molecule has 0 aliphatic rings. The van der Waals surface area contributed by atoms with Crippen LogP contribution in [0.25, 0.3) is 0 Å². The summed E-state index contributed by atoms with van der Waals surface area (Å²) in [6, 6.07) is 7.61. The molecule has 0 bridgehead atoms. The van der Waals surface area contributed by atoms with E-state index in [2.05, 4.69) is 11.0 Å². The van der Waals surface area contributed by atoms with Gasteiger partial charge in [0.25, 0.3) is 0 Å². The molecular weight excluding hydrogens is 200 g/mol. The lowest BCUT2D eigenvalue weighted by Gasteiger charge is -2.11. The number of hydrogen-bond donors (Lipinski definition) is 1. The first-order valence-corrected chi connectivity index (χ1v) is 5.45. The summed E-state index contributed by atoms with van der Waals surface area (Å²) in [6.45, 7) is 1.04. The topological polar surface area (TPSA) is 47.3 Å². The Morgan fingerprint density at radius 2 is 2.06 bits per heavy atom. The van der Waals surface area contributed by atoms with Crippen molar-refractivity contribution in [2.24, 2.45) is 0 Å². The van der Waals surface area contributed by atoms with Gasteiger partial charge in [-0.3, -0.25) is 0 Å². The van der Waals surface area contributed by atoms with Crippen LogP contribution >= 0.6 is 0 Å². The lowest BCUT2D eigenvalue weighted by Crippen LogP contribution is -2.13. The molecule has 1 rings (SSSR count). The van der Waals surface area contributed by atoms with E-state index in [1.165, 1.54) is 0 Å². The van der Waals surface area contributed by atoms with Crippen LogP contribution in [0.3, 0.4) is 0 Å². The molecule has 0 saturated heterocycles. The van der Waals surface area contributed by atoms with E-state index in [1.807, 2.05) is 26.2 Å². The SMILES string of the molecule is CN(C)CCCc1ccc(C#N)cc1CO. The summed E-state index contributed by atoms with van der Waals surface area (Å²) in [5.74, 6) is 0. The number of aliphatic hydroxyl groups is 1. The minimum absolute atomic E-state index is 0.00676. The van der Waals surface area contributed by atoms with E-state index < -0.39 is 0 Å². The molecule has 0 aliphatic heterocycles. The largest absolute Gasteiger partial charge is 0.392 e. The van der Waals surface area contributed by atoms with Crippen molar-refractivity contribution in [2.75, 3.05) is 20.6 Å². The van der Waals surface area contributed by atoms with Gasteiger partial charge in [-0.25, -0.2) is 0 Å². The number of hydrogen-bond acceptors (Lipinski definition) is 3. The fourth-order valence-corrected chi connectivity index (χ4v) is 1.67. The van der Waals surface area contributed by atoms with Gasteiger partial charge in [-0.15, -0.1) is 0 Å². The van der Waals surface area contributed by atoms with Crippen molar-refractivity contribution in [3.8, 4) is 6.07 Å². The Bertz CT molecular complexity index is 380. The van der Waals surface area contributed by atoms with Gasteiger partial charge in [0.05, 0.1) is 18.2 Å². The molecule has 0 saturated carbocycles. The minimum Gasteiger partial charge on any atom is -0.392 e. The van der Waals surface area contributed by atoms with E-state index in [9.17, 15) is 5.11 Å². The second-order valence-corrected chi connectivity index (χ2v) is 4.16. The number of benzene rings is 1. The van der Waals surface area contributed by atoms with Gasteiger partial charge in [0.1, 0.15) is 0 Å². The van der Waals surface area contributed by atoms with Gasteiger partial charge in [0.15, 0.2) is 0 Å². The Morgan fingerprint density at radius 1 is 1.31 bits per heavy atom. The molecule has 0 atom stereocenters. The quantitative estimate of drug-likeness (QED) is 0.815. The Balaban J connectivity index is 2.69. The van der Waals surface area contributed by atoms with Crippen LogP contribution in [-0.4, -0.2) is 30.6 Å². The predicted molar refractivity (Wildman–Crippen MR) is 64.0 cm³/mol. The molecule has 0 spiro atoms. The Labute approximate surface area is 96.9 Å². The maximum Gasteiger partial charge on any atom is 0.0991 e. The summed E-state index contributed by atoms with van der Waals surface area (Å²) in [4.78, 5) is 2.14. The van der Waals surface area contributed by atoms with Crippen LogP contribution in [-0.2, 0) is 13.0 Å². The van der Waals surface area contributed by atoms with Crippen molar-refractivity contribution in [3.05, 3.63) is 34.9 Å². The predicted octanol–water partition coefficient (Wildman–Crippen LogP) is 1.54. The summed E-state index contributed by atoms with van der Waals surface area (Å²) in [7, 11) is 4.09. The smallest absolute Gasteiger partial charge is 0.0991 e. The van der Waals surface area contributed by atoms with E-state index in [0.29, 0.717) is 5.56 Å². The second kappa shape index (κ2) is 6.26. The van der Waals surface area contributed by atoms with Gasteiger partial charge in [-0.05, 0) is 56.7 Å². The van der Waals surface area contributed by atoms with Crippen molar-refractivity contribution < 1.29 is 5.11 Å². The molecule has 0 aliphatic carbocycles. The lowest BCUT2D eigenvalue weighted by atomic mass is 10.0. The molecule has 0 aromatic heterocycles. The third-order valence-corrected chi connectivity index (χ3v) is 2.56. The Morgan fingerprint density at radius 3 is 2.62 bits per heavy atom. The second-order valence-electron chi connectivity index (χ2n) is 4.16. The normalized spacial score (nSPS) is 10.4. The number of aryl methyl sites for hydroxylation is 1. The fraction of sp³-hybridized carbons (Fsp3) is 0.462. The zero-order chi connectivity index (χ0) is 12.0. The zero-order valence-corrected chi connectivity index (χ0v) is 9.90. The summed E-state index contributed by atoms with van der Waals surface area (Å²) < 4.78 is 0. The van der Waals surface area contributed by atoms with E-state index in [1.54, 1.807) is 6.07 Å². The van der Waals surface area contributed by atoms with Crippen LogP contribution in [0.4, 0.5) is 0 Å². The van der Waals surface area contributed by atoms with Crippen molar-refractivity contribution >= 4 is 0 Å². The molecule has 0 radical (unpaired) electrons. The third-order valence-electron chi connectivity index (χ3n) is 2.56. The monoisotopic (exact) mass is 218 g/mol. The highest BCUT2D eigenvalue weighted by molar-refractivity contribution is 5.37. The summed E-state index contributed by atoms with van der Waals surface area (Å²) in [6.07, 6.45) is 2.01. The van der Waals surface area contributed by atoms with E-state index in [0.717, 1.165) is 30.5 Å². The van der Waals surface area contributed by atoms with Crippen LogP contribution in [0, 0.1) is 11.3 Å². The van der Waals surface area contributed by atoms with Gasteiger partial charge < -0.3 is 10.0 Å². The minimum atomic E-state index is 0.00676. The molecule has 0 amide bonds. The summed E-state index contributed by atoms with van der Waals surface area (Å²) in [5.41, 5.74) is 2.63. The maximum atomic E-state index is 9.23. The molecule has 0 heterocycles. The number of rotatable bonds is 5. The fourth-order valence-electron chi connectivity index (χ4n) is 1.67. The highest BCUT2D eigenvalue weighted by Gasteiger charge is 2.03. The van der Waals surface area contributed by atoms with Crippen LogP contribution in [0.1, 0.15) is 23.1 Å². The number of nitriles is 1. The lowest BCUT2D eigenvalue weighted by molar-refractivity contribution is 0.280. The third kappa shape index (κ3) is 3.65. The van der Waals surface area contributed by atoms with Crippen LogP contribution in [0.2, 0.25) is 0 Å². The van der Waals surface area contributed by atoms with Gasteiger partial charge >= 0.3 is 0 Å². The van der Waals surface area contributed by atoms with Crippen LogP contribution in [0.5, 0.6) is 0 Å². The molecule has 1 aromatic rings. The van der Waals surface area contributed by atoms with Crippen molar-refractivity contribution in [1.82, 2.24) is 4.90 Å². The molecule has 1 N–H and O–H groups in total. The number of aliphatic hydroxyl groups excluding tert-OH is 1. The van der Waals surface area contributed by atoms with E-state index in [4.69, 9.17) is 5.26 Å². The van der Waals surface area contributed by atoms with Crippen molar-refractivity contribution in [3.63, 3.8) is 0 Å². The van der Waals surface area contributed by atoms with Gasteiger partial charge in [0, 0.05) is 0 Å². The summed E-state index contributed by atoms with van der Waals surface area (Å²) >= 11 is 0. The van der Waals surface area contributed by atoms with Crippen molar-refractivity contribution in [2.45, 2.75) is 19.4 Å². The Hall–Kier alpha value is -1.37. The molecule has 1 aromatic carbocycles. The molecule has 0 fully saturated rings. The average molecular weight is 218 g/mol. The molecule has 86 valence electrons. The standard InChI is InChI=1S/C13H18N2O/c1-15(2)7-3-4-12-6-5-11(9-14)8-13(12)10-16/h5-6,8,16H,3-4,7,10H2,1-2H3. The maximum absolute atomic E-state index is 9.23. The molecule has 16 heavy (non-hydrogen) atoms. The molecule has 3 heteroatoms. The highest BCUT2D eigenvalue weighted by Crippen LogP contribution is 2.14. The van der Waals surface area contributed by atoms with E-state index >= 15 is 0 Å². The highest BCUT2D eigenvalue weighted by atomic mass is 16.3. The van der Waals surface area contributed by atoms with Crippen molar-refractivity contribution in [1.29, 1.82) is 5.26 Å². The van der Waals surface area contributed by atoms with Gasteiger partial charge in [-0.1, -0.05) is 6.07 Å². The average Bonchev–Trinajstić information content (AvgIpc) is 2.29. The first-order chi connectivity index (χ1) is 7.67. The Kier molecular flexibility index (Phi) is 4.97. The van der Waals surface area contributed by atoms with Crippen LogP contribution < -0.4 is 0 Å². The first kappa shape index (κ1) is 12.7. The molecule has 3 nitrogen and oxygen atoms in total. The molecule has 0 unspecified atom stereocenters. The van der Waals surface area contributed by atoms with E-state index in [-0.39, 0.29) is 6.61 Å². The summed E-state index contributed by atoms with van der Waals surface area (Å²) in [5, 5.41) is 18.0. The van der Waals surface area contributed by atoms with Gasteiger partial charge in [-0.2, -0.15) is 5.26 Å². The van der Waals surface area contributed by atoms with Crippen LogP contribution in [0.15, 0.2) is 18.2 Å². The molecular formula is C13H18N2O.